The summed E-state index contributed by atoms with van der Waals surface area (Å²) >= 11 is 0. The maximum absolute atomic E-state index is 11.4. The summed E-state index contributed by atoms with van der Waals surface area (Å²) in [7, 11) is 0. The maximum atomic E-state index is 11.4. The number of hydrogen-bond donors (Lipinski definition) is 0. The van der Waals surface area contributed by atoms with Crippen molar-refractivity contribution >= 4 is 11.9 Å². The van der Waals surface area contributed by atoms with Gasteiger partial charge < -0.3 is 9.47 Å². The molecule has 0 rings (SSSR count). The zero-order chi connectivity index (χ0) is 12.9. The molecule has 0 aromatic carbocycles. The first-order valence-electron chi connectivity index (χ1n) is 5.52. The lowest BCUT2D eigenvalue weighted by Crippen LogP contribution is -2.28. The summed E-state index contributed by atoms with van der Waals surface area (Å²) in [6.45, 7) is 10.6. The van der Waals surface area contributed by atoms with Crippen molar-refractivity contribution < 1.29 is 19.1 Å². The van der Waals surface area contributed by atoms with Gasteiger partial charge in [0.2, 0.25) is 0 Å². The van der Waals surface area contributed by atoms with Crippen molar-refractivity contribution in [2.45, 2.75) is 47.6 Å². The summed E-state index contributed by atoms with van der Waals surface area (Å²) < 4.78 is 10.0. The fourth-order valence-electron chi connectivity index (χ4n) is 0.834. The van der Waals surface area contributed by atoms with E-state index < -0.39 is 11.3 Å². The third-order valence-electron chi connectivity index (χ3n) is 1.83. The fraction of sp³-hybridized carbons (Fsp3) is 0.833. The lowest BCUT2D eigenvalue weighted by molar-refractivity contribution is -0.160. The Balaban J connectivity index is 4.03. The van der Waals surface area contributed by atoms with Gasteiger partial charge in [-0.2, -0.15) is 0 Å². The van der Waals surface area contributed by atoms with E-state index in [-0.39, 0.29) is 24.6 Å². The number of ether oxygens (including phenoxy) is 2. The largest absolute Gasteiger partial charge is 0.464 e. The third-order valence-corrected chi connectivity index (χ3v) is 1.83. The van der Waals surface area contributed by atoms with Crippen LogP contribution in [0.4, 0.5) is 0 Å². The van der Waals surface area contributed by atoms with E-state index in [1.807, 2.05) is 0 Å². The minimum atomic E-state index is -0.540. The molecule has 0 bridgehead atoms. The summed E-state index contributed by atoms with van der Waals surface area (Å²) in [6, 6.07) is 0. The molecular weight excluding hydrogens is 208 g/mol. The van der Waals surface area contributed by atoms with Crippen molar-refractivity contribution in [3.63, 3.8) is 0 Å². The molecule has 4 nitrogen and oxygen atoms in total. The number of carbonyl (C=O) groups excluding carboxylic acids is 2. The molecule has 0 amide bonds. The lowest BCUT2D eigenvalue weighted by Gasteiger charge is -2.19. The molecule has 0 aliphatic heterocycles. The minimum absolute atomic E-state index is 0.0711. The van der Waals surface area contributed by atoms with Gasteiger partial charge in [0.25, 0.3) is 0 Å². The smallest absolute Gasteiger partial charge is 0.312 e. The van der Waals surface area contributed by atoms with Crippen LogP contribution in [0.2, 0.25) is 0 Å². The quantitative estimate of drug-likeness (QED) is 0.694. The Morgan fingerprint density at radius 2 is 1.62 bits per heavy atom. The number of carbonyl (C=O) groups is 2. The molecule has 0 aliphatic rings. The molecule has 0 radical (unpaired) electrons. The van der Waals surface area contributed by atoms with Crippen LogP contribution in [0.5, 0.6) is 0 Å². The Kier molecular flexibility index (Phi) is 5.48. The van der Waals surface area contributed by atoms with Gasteiger partial charge in [0, 0.05) is 0 Å². The molecule has 0 fully saturated rings. The topological polar surface area (TPSA) is 52.6 Å². The monoisotopic (exact) mass is 230 g/mol. The van der Waals surface area contributed by atoms with Gasteiger partial charge in [-0.1, -0.05) is 0 Å². The first-order valence-corrected chi connectivity index (χ1v) is 5.52. The molecule has 0 aromatic rings. The van der Waals surface area contributed by atoms with Crippen molar-refractivity contribution in [3.05, 3.63) is 0 Å². The zero-order valence-corrected chi connectivity index (χ0v) is 11.0. The van der Waals surface area contributed by atoms with E-state index >= 15 is 0 Å². The summed E-state index contributed by atoms with van der Waals surface area (Å²) in [6.07, 6.45) is -0.145. The summed E-state index contributed by atoms with van der Waals surface area (Å²) in [5.41, 5.74) is -0.540. The van der Waals surface area contributed by atoms with Crippen molar-refractivity contribution in [3.8, 4) is 0 Å². The van der Waals surface area contributed by atoms with Gasteiger partial charge in [0.05, 0.1) is 17.4 Å². The highest BCUT2D eigenvalue weighted by atomic mass is 16.6. The minimum Gasteiger partial charge on any atom is -0.464 e. The molecule has 4 heteroatoms. The van der Waals surface area contributed by atoms with Crippen LogP contribution in [0.3, 0.4) is 0 Å². The molecular formula is C12H22O4. The predicted octanol–water partition coefficient (Wildman–Crippen LogP) is 2.16. The van der Waals surface area contributed by atoms with Crippen LogP contribution in [0.1, 0.15) is 41.5 Å². The second-order valence-corrected chi connectivity index (χ2v) is 5.24. The van der Waals surface area contributed by atoms with Crippen molar-refractivity contribution in [1.29, 1.82) is 0 Å². The lowest BCUT2D eigenvalue weighted by atomic mass is 9.97. The van der Waals surface area contributed by atoms with Crippen molar-refractivity contribution in [1.82, 2.24) is 0 Å². The van der Waals surface area contributed by atoms with Crippen LogP contribution < -0.4 is 0 Å². The second-order valence-electron chi connectivity index (χ2n) is 5.24. The van der Waals surface area contributed by atoms with Crippen molar-refractivity contribution in [2.75, 3.05) is 6.61 Å². The van der Waals surface area contributed by atoms with Gasteiger partial charge in [0.1, 0.15) is 6.61 Å². The Morgan fingerprint density at radius 1 is 1.12 bits per heavy atom. The van der Waals surface area contributed by atoms with E-state index in [1.165, 1.54) is 0 Å². The van der Waals surface area contributed by atoms with Crippen LogP contribution in [0, 0.1) is 11.3 Å². The van der Waals surface area contributed by atoms with E-state index in [0.29, 0.717) is 0 Å². The van der Waals surface area contributed by atoms with Gasteiger partial charge in [-0.15, -0.1) is 0 Å². The van der Waals surface area contributed by atoms with E-state index in [4.69, 9.17) is 9.47 Å². The Labute approximate surface area is 97.3 Å². The third kappa shape index (κ3) is 5.73. The molecule has 1 atom stereocenters. The Bertz CT molecular complexity index is 250. The Hall–Kier alpha value is -1.06. The van der Waals surface area contributed by atoms with Crippen LogP contribution in [0.25, 0.3) is 0 Å². The van der Waals surface area contributed by atoms with Crippen LogP contribution in [0.15, 0.2) is 0 Å². The predicted molar refractivity (Wildman–Crippen MR) is 60.8 cm³/mol. The first kappa shape index (κ1) is 14.9. The molecule has 0 saturated heterocycles. The van der Waals surface area contributed by atoms with Gasteiger partial charge in [-0.25, -0.2) is 0 Å². The average Bonchev–Trinajstić information content (AvgIpc) is 2.10. The number of rotatable bonds is 4. The molecule has 0 N–H and O–H groups in total. The molecule has 0 aromatic heterocycles. The first-order chi connectivity index (χ1) is 7.14. The molecule has 94 valence electrons. The van der Waals surface area contributed by atoms with E-state index in [0.717, 1.165) is 0 Å². The van der Waals surface area contributed by atoms with Gasteiger partial charge >= 0.3 is 11.9 Å². The summed E-state index contributed by atoms with van der Waals surface area (Å²) in [4.78, 5) is 22.8. The molecule has 0 aliphatic carbocycles. The standard InChI is InChI=1S/C12H22O4/c1-8(2)16-10(13)9(3)7-15-11(14)12(4,5)6/h8-9H,7H2,1-6H3. The molecule has 1 unspecified atom stereocenters. The van der Waals surface area contributed by atoms with E-state index in [9.17, 15) is 9.59 Å². The molecule has 0 heterocycles. The molecule has 0 spiro atoms. The summed E-state index contributed by atoms with van der Waals surface area (Å²) in [5, 5.41) is 0. The fourth-order valence-corrected chi connectivity index (χ4v) is 0.834. The highest BCUT2D eigenvalue weighted by Crippen LogP contribution is 2.16. The van der Waals surface area contributed by atoms with Crippen LogP contribution in [-0.2, 0) is 19.1 Å². The SMILES string of the molecule is CC(C)OC(=O)C(C)COC(=O)C(C)(C)C. The highest BCUT2D eigenvalue weighted by Gasteiger charge is 2.25. The second kappa shape index (κ2) is 5.87. The maximum Gasteiger partial charge on any atom is 0.312 e. The van der Waals surface area contributed by atoms with E-state index in [2.05, 4.69) is 0 Å². The van der Waals surface area contributed by atoms with Crippen molar-refractivity contribution in [2.24, 2.45) is 11.3 Å². The Morgan fingerprint density at radius 3 is 2.00 bits per heavy atom. The average molecular weight is 230 g/mol. The van der Waals surface area contributed by atoms with Gasteiger partial charge in [-0.05, 0) is 41.5 Å². The highest BCUT2D eigenvalue weighted by molar-refractivity contribution is 5.76. The number of hydrogen-bond acceptors (Lipinski definition) is 4. The zero-order valence-electron chi connectivity index (χ0n) is 11.0. The molecule has 0 saturated carbocycles. The van der Waals surface area contributed by atoms with Crippen LogP contribution >= 0.6 is 0 Å². The van der Waals surface area contributed by atoms with Gasteiger partial charge in [0.15, 0.2) is 0 Å². The summed E-state index contributed by atoms with van der Waals surface area (Å²) in [5.74, 6) is -1.07. The molecule has 16 heavy (non-hydrogen) atoms. The number of esters is 2. The van der Waals surface area contributed by atoms with Gasteiger partial charge in [-0.3, -0.25) is 9.59 Å². The van der Waals surface area contributed by atoms with Crippen LogP contribution in [-0.4, -0.2) is 24.6 Å². The van der Waals surface area contributed by atoms with E-state index in [1.54, 1.807) is 41.5 Å². The normalized spacial score (nSPS) is 13.4.